The maximum absolute atomic E-state index is 12.7. The van der Waals surface area contributed by atoms with Crippen molar-refractivity contribution >= 4 is 38.7 Å². The molecule has 3 rings (SSSR count). The summed E-state index contributed by atoms with van der Waals surface area (Å²) < 4.78 is 26.9. The topological polar surface area (TPSA) is 74.7 Å². The van der Waals surface area contributed by atoms with Crippen LogP contribution in [0.2, 0.25) is 0 Å². The summed E-state index contributed by atoms with van der Waals surface area (Å²) in [7, 11) is -3.64. The minimum atomic E-state index is -3.64. The SMILES string of the molecule is O=C(O)c1cc(S(=O)(=O)N(Cc2cccs2)C2CC2)cs1. The van der Waals surface area contributed by atoms with Crippen molar-refractivity contribution in [3.63, 3.8) is 0 Å². The highest BCUT2D eigenvalue weighted by Gasteiger charge is 2.38. The molecule has 0 saturated heterocycles. The quantitative estimate of drug-likeness (QED) is 0.875. The number of thiophene rings is 2. The van der Waals surface area contributed by atoms with Crippen molar-refractivity contribution in [2.45, 2.75) is 30.3 Å². The highest BCUT2D eigenvalue weighted by atomic mass is 32.2. The van der Waals surface area contributed by atoms with Crippen molar-refractivity contribution in [2.24, 2.45) is 0 Å². The molecule has 0 bridgehead atoms. The number of carboxylic acids is 1. The van der Waals surface area contributed by atoms with Gasteiger partial charge >= 0.3 is 5.97 Å². The lowest BCUT2D eigenvalue weighted by atomic mass is 10.4. The standard InChI is InChI=1S/C13H13NO4S3/c15-13(16)12-6-11(8-20-12)21(17,18)14(9-3-4-9)7-10-2-1-5-19-10/h1-2,5-6,8-9H,3-4,7H2,(H,15,16). The zero-order valence-electron chi connectivity index (χ0n) is 10.9. The molecular weight excluding hydrogens is 330 g/mol. The number of aromatic carboxylic acids is 1. The maximum Gasteiger partial charge on any atom is 0.345 e. The molecule has 0 radical (unpaired) electrons. The molecule has 1 saturated carbocycles. The van der Waals surface area contributed by atoms with Gasteiger partial charge < -0.3 is 5.11 Å². The van der Waals surface area contributed by atoms with Crippen LogP contribution in [-0.4, -0.2) is 29.8 Å². The van der Waals surface area contributed by atoms with E-state index in [9.17, 15) is 13.2 Å². The largest absolute Gasteiger partial charge is 0.477 e. The molecule has 0 amide bonds. The van der Waals surface area contributed by atoms with E-state index >= 15 is 0 Å². The molecule has 1 N–H and O–H groups in total. The van der Waals surface area contributed by atoms with Crippen molar-refractivity contribution < 1.29 is 18.3 Å². The fourth-order valence-electron chi connectivity index (χ4n) is 2.03. The Morgan fingerprint density at radius 3 is 2.67 bits per heavy atom. The first-order valence-corrected chi connectivity index (χ1v) is 9.54. The maximum atomic E-state index is 12.7. The Balaban J connectivity index is 1.91. The number of carbonyl (C=O) groups is 1. The van der Waals surface area contributed by atoms with E-state index in [2.05, 4.69) is 0 Å². The molecule has 1 fully saturated rings. The van der Waals surface area contributed by atoms with E-state index in [1.54, 1.807) is 0 Å². The lowest BCUT2D eigenvalue weighted by Crippen LogP contribution is -2.32. The third kappa shape index (κ3) is 3.03. The Kier molecular flexibility index (Phi) is 3.87. The molecular formula is C13H13NO4S3. The smallest absolute Gasteiger partial charge is 0.345 e. The molecule has 8 heteroatoms. The highest BCUT2D eigenvalue weighted by Crippen LogP contribution is 2.35. The van der Waals surface area contributed by atoms with Crippen LogP contribution in [0, 0.1) is 0 Å². The molecule has 0 spiro atoms. The van der Waals surface area contributed by atoms with E-state index in [1.165, 1.54) is 27.1 Å². The number of hydrogen-bond acceptors (Lipinski definition) is 5. The average molecular weight is 343 g/mol. The monoisotopic (exact) mass is 343 g/mol. The highest BCUT2D eigenvalue weighted by molar-refractivity contribution is 7.89. The van der Waals surface area contributed by atoms with Crippen molar-refractivity contribution in [3.8, 4) is 0 Å². The van der Waals surface area contributed by atoms with E-state index in [0.29, 0.717) is 6.54 Å². The molecule has 2 aromatic heterocycles. The van der Waals surface area contributed by atoms with Gasteiger partial charge in [-0.3, -0.25) is 0 Å². The first kappa shape index (κ1) is 14.7. The summed E-state index contributed by atoms with van der Waals surface area (Å²) in [5, 5.41) is 12.3. The second-order valence-electron chi connectivity index (χ2n) is 4.81. The van der Waals surface area contributed by atoms with Gasteiger partial charge in [0.25, 0.3) is 0 Å². The molecule has 0 aromatic carbocycles. The Morgan fingerprint density at radius 1 is 1.38 bits per heavy atom. The minimum Gasteiger partial charge on any atom is -0.477 e. The zero-order valence-corrected chi connectivity index (χ0v) is 13.4. The molecule has 0 atom stereocenters. The Labute approximate surface area is 130 Å². The van der Waals surface area contributed by atoms with Crippen LogP contribution >= 0.6 is 22.7 Å². The number of hydrogen-bond donors (Lipinski definition) is 1. The molecule has 112 valence electrons. The molecule has 1 aliphatic rings. The van der Waals surface area contributed by atoms with Gasteiger partial charge in [0, 0.05) is 22.8 Å². The molecule has 2 heterocycles. The van der Waals surface area contributed by atoms with Gasteiger partial charge in [0.2, 0.25) is 10.0 Å². The number of nitrogens with zero attached hydrogens (tertiary/aromatic N) is 1. The zero-order chi connectivity index (χ0) is 15.0. The van der Waals surface area contributed by atoms with Gasteiger partial charge in [-0.05, 0) is 30.4 Å². The first-order chi connectivity index (χ1) is 9.98. The van der Waals surface area contributed by atoms with Gasteiger partial charge in [-0.15, -0.1) is 22.7 Å². The van der Waals surface area contributed by atoms with Crippen LogP contribution in [0.5, 0.6) is 0 Å². The number of sulfonamides is 1. The lowest BCUT2D eigenvalue weighted by Gasteiger charge is -2.20. The van der Waals surface area contributed by atoms with Crippen LogP contribution in [0.3, 0.4) is 0 Å². The second kappa shape index (κ2) is 5.53. The van der Waals surface area contributed by atoms with Gasteiger partial charge in [0.1, 0.15) is 4.88 Å². The van der Waals surface area contributed by atoms with Crippen molar-refractivity contribution in [2.75, 3.05) is 0 Å². The average Bonchev–Trinajstić information content (AvgIpc) is 2.95. The Morgan fingerprint density at radius 2 is 2.14 bits per heavy atom. The fourth-order valence-corrected chi connectivity index (χ4v) is 5.58. The lowest BCUT2D eigenvalue weighted by molar-refractivity contribution is 0.0702. The second-order valence-corrected chi connectivity index (χ2v) is 8.65. The third-order valence-corrected chi connectivity index (χ3v) is 7.04. The van der Waals surface area contributed by atoms with E-state index < -0.39 is 16.0 Å². The summed E-state index contributed by atoms with van der Waals surface area (Å²) in [6.45, 7) is 0.350. The van der Waals surface area contributed by atoms with E-state index in [4.69, 9.17) is 5.11 Å². The van der Waals surface area contributed by atoms with E-state index in [-0.39, 0.29) is 15.8 Å². The van der Waals surface area contributed by atoms with Crippen LogP contribution in [0.25, 0.3) is 0 Å². The Bertz CT molecular complexity index is 744. The van der Waals surface area contributed by atoms with E-state index in [1.807, 2.05) is 17.5 Å². The number of rotatable bonds is 6. The van der Waals surface area contributed by atoms with E-state index in [0.717, 1.165) is 29.1 Å². The van der Waals surface area contributed by atoms with Crippen LogP contribution in [0.4, 0.5) is 0 Å². The molecule has 0 unspecified atom stereocenters. The van der Waals surface area contributed by atoms with Crippen LogP contribution in [-0.2, 0) is 16.6 Å². The molecule has 21 heavy (non-hydrogen) atoms. The van der Waals surface area contributed by atoms with Crippen LogP contribution < -0.4 is 0 Å². The van der Waals surface area contributed by atoms with Crippen LogP contribution in [0.1, 0.15) is 27.4 Å². The normalized spacial score (nSPS) is 15.5. The van der Waals surface area contributed by atoms with Crippen molar-refractivity contribution in [1.29, 1.82) is 0 Å². The molecule has 5 nitrogen and oxygen atoms in total. The summed E-state index contributed by atoms with van der Waals surface area (Å²) >= 11 is 2.46. The first-order valence-electron chi connectivity index (χ1n) is 6.34. The third-order valence-electron chi connectivity index (χ3n) is 3.24. The molecule has 2 aromatic rings. The summed E-state index contributed by atoms with van der Waals surface area (Å²) in [5.41, 5.74) is 0. The van der Waals surface area contributed by atoms with Gasteiger partial charge in [-0.25, -0.2) is 13.2 Å². The van der Waals surface area contributed by atoms with Gasteiger partial charge in [0.05, 0.1) is 4.90 Å². The van der Waals surface area contributed by atoms with Gasteiger partial charge in [0.15, 0.2) is 0 Å². The van der Waals surface area contributed by atoms with Gasteiger partial charge in [-0.2, -0.15) is 4.31 Å². The van der Waals surface area contributed by atoms with Crippen molar-refractivity contribution in [1.82, 2.24) is 4.31 Å². The molecule has 1 aliphatic carbocycles. The Hall–Kier alpha value is -1.22. The molecule has 0 aliphatic heterocycles. The predicted molar refractivity (Wildman–Crippen MR) is 81.3 cm³/mol. The summed E-state index contributed by atoms with van der Waals surface area (Å²) in [6, 6.07) is 5.08. The summed E-state index contributed by atoms with van der Waals surface area (Å²) in [6.07, 6.45) is 1.72. The van der Waals surface area contributed by atoms with Gasteiger partial charge in [-0.1, -0.05) is 6.07 Å². The summed E-state index contributed by atoms with van der Waals surface area (Å²) in [5.74, 6) is -1.10. The fraction of sp³-hybridized carbons (Fsp3) is 0.308. The number of carboxylic acid groups (broad SMARTS) is 1. The summed E-state index contributed by atoms with van der Waals surface area (Å²) in [4.78, 5) is 12.0. The minimum absolute atomic E-state index is 0.0327. The van der Waals surface area contributed by atoms with Crippen LogP contribution in [0.15, 0.2) is 33.9 Å². The van der Waals surface area contributed by atoms with Crippen molar-refractivity contribution in [3.05, 3.63) is 38.7 Å². The predicted octanol–water partition coefficient (Wildman–Crippen LogP) is 2.86.